The zero-order valence-corrected chi connectivity index (χ0v) is 13.2. The number of esters is 1. The van der Waals surface area contributed by atoms with Gasteiger partial charge in [0.15, 0.2) is 5.96 Å². The Morgan fingerprint density at radius 2 is 1.86 bits per heavy atom. The van der Waals surface area contributed by atoms with Gasteiger partial charge in [0.05, 0.1) is 11.3 Å². The number of carbonyl (C=O) groups is 1. The van der Waals surface area contributed by atoms with Crippen molar-refractivity contribution in [3.8, 4) is 5.75 Å². The highest BCUT2D eigenvalue weighted by Crippen LogP contribution is 2.26. The van der Waals surface area contributed by atoms with Gasteiger partial charge in [-0.2, -0.15) is 0 Å². The molecule has 0 aliphatic rings. The first-order chi connectivity index (χ1) is 10.6. The number of hydrogen-bond donors (Lipinski definition) is 2. The van der Waals surface area contributed by atoms with Crippen molar-refractivity contribution in [1.29, 1.82) is 0 Å². The van der Waals surface area contributed by atoms with E-state index in [-0.39, 0.29) is 11.9 Å². The number of ether oxygens (including phenoxy) is 1. The summed E-state index contributed by atoms with van der Waals surface area (Å²) in [6.45, 7) is 0. The zero-order valence-electron chi connectivity index (χ0n) is 12.0. The lowest BCUT2D eigenvalue weighted by Crippen LogP contribution is -2.21. The monoisotopic (exact) mass is 315 g/mol. The van der Waals surface area contributed by atoms with Crippen LogP contribution in [0.5, 0.6) is 5.75 Å². The minimum Gasteiger partial charge on any atom is -0.423 e. The predicted octanol–water partition coefficient (Wildman–Crippen LogP) is 2.23. The normalized spacial score (nSPS) is 10.0. The van der Waals surface area contributed by atoms with Crippen LogP contribution in [-0.4, -0.2) is 18.1 Å². The molecule has 0 fully saturated rings. The molecule has 1 atom stereocenters. The van der Waals surface area contributed by atoms with Crippen LogP contribution < -0.4 is 16.2 Å². The fourth-order valence-corrected chi connectivity index (χ4v) is 2.28. The Morgan fingerprint density at radius 1 is 1.14 bits per heavy atom. The van der Waals surface area contributed by atoms with E-state index in [0.717, 1.165) is 18.1 Å². The van der Waals surface area contributed by atoms with Gasteiger partial charge in [0, 0.05) is 0 Å². The van der Waals surface area contributed by atoms with Gasteiger partial charge in [-0.15, -0.1) is 9.24 Å². The summed E-state index contributed by atoms with van der Waals surface area (Å²) in [6, 6.07) is 14.1. The highest BCUT2D eigenvalue weighted by Gasteiger charge is 2.11. The second-order valence-corrected chi connectivity index (χ2v) is 5.20. The predicted molar refractivity (Wildman–Crippen MR) is 91.6 cm³/mol. The molecule has 0 heterocycles. The van der Waals surface area contributed by atoms with E-state index >= 15 is 0 Å². The molecular formula is C16H18N3O2P. The van der Waals surface area contributed by atoms with E-state index in [9.17, 15) is 4.79 Å². The van der Waals surface area contributed by atoms with E-state index in [4.69, 9.17) is 16.2 Å². The number of aliphatic imine (C=N–C) groups is 1. The van der Waals surface area contributed by atoms with Crippen molar-refractivity contribution in [3.63, 3.8) is 0 Å². The lowest BCUT2D eigenvalue weighted by Gasteiger charge is -2.10. The Hall–Kier alpha value is -2.39. The largest absolute Gasteiger partial charge is 0.423 e. The minimum absolute atomic E-state index is 0.00847. The van der Waals surface area contributed by atoms with Crippen molar-refractivity contribution in [3.05, 3.63) is 59.7 Å². The van der Waals surface area contributed by atoms with Crippen LogP contribution in [-0.2, 0) is 6.42 Å². The second kappa shape index (κ2) is 7.57. The molecule has 0 aliphatic heterocycles. The second-order valence-electron chi connectivity index (χ2n) is 4.62. The standard InChI is InChI=1S/C16H18N3O2P/c17-16(18)19-13-6-7-14(12(10-13)8-9-22)21-15(20)11-4-2-1-3-5-11/h1-7,10H,8-9,22H2,(H4,17,18,19). The molecule has 114 valence electrons. The number of hydrogen-bond acceptors (Lipinski definition) is 3. The van der Waals surface area contributed by atoms with E-state index < -0.39 is 0 Å². The Balaban J connectivity index is 2.26. The van der Waals surface area contributed by atoms with Gasteiger partial charge in [-0.3, -0.25) is 0 Å². The quantitative estimate of drug-likeness (QED) is 0.291. The summed E-state index contributed by atoms with van der Waals surface area (Å²) in [5.74, 6) is 0.122. The summed E-state index contributed by atoms with van der Waals surface area (Å²) in [4.78, 5) is 16.1. The number of guanidine groups is 1. The van der Waals surface area contributed by atoms with Crippen LogP contribution in [0.4, 0.5) is 5.69 Å². The number of nitrogens with two attached hydrogens (primary N) is 2. The molecule has 0 aromatic heterocycles. The third kappa shape index (κ3) is 4.30. The topological polar surface area (TPSA) is 90.7 Å². The van der Waals surface area contributed by atoms with Crippen LogP contribution in [0.2, 0.25) is 0 Å². The van der Waals surface area contributed by atoms with E-state index in [1.165, 1.54) is 0 Å². The zero-order chi connectivity index (χ0) is 15.9. The molecule has 22 heavy (non-hydrogen) atoms. The summed E-state index contributed by atoms with van der Waals surface area (Å²) >= 11 is 0. The molecule has 5 nitrogen and oxygen atoms in total. The number of benzene rings is 2. The molecule has 6 heteroatoms. The maximum atomic E-state index is 12.1. The summed E-state index contributed by atoms with van der Waals surface area (Å²) in [5.41, 5.74) is 12.8. The first kappa shape index (κ1) is 16.0. The number of nitrogens with zero attached hydrogens (tertiary/aromatic N) is 1. The average molecular weight is 315 g/mol. The van der Waals surface area contributed by atoms with Crippen LogP contribution in [0, 0.1) is 0 Å². The third-order valence-corrected chi connectivity index (χ3v) is 3.22. The van der Waals surface area contributed by atoms with Gasteiger partial charge >= 0.3 is 5.97 Å². The van der Waals surface area contributed by atoms with Gasteiger partial charge in [-0.25, -0.2) is 9.79 Å². The van der Waals surface area contributed by atoms with Gasteiger partial charge in [0.25, 0.3) is 0 Å². The molecule has 1 unspecified atom stereocenters. The van der Waals surface area contributed by atoms with Gasteiger partial charge in [0.1, 0.15) is 5.75 Å². The van der Waals surface area contributed by atoms with Crippen molar-refractivity contribution in [2.45, 2.75) is 6.42 Å². The SMILES string of the molecule is NC(N)=Nc1ccc(OC(=O)c2ccccc2)c(CCP)c1. The summed E-state index contributed by atoms with van der Waals surface area (Å²) in [6.07, 6.45) is 1.57. The van der Waals surface area contributed by atoms with Crippen molar-refractivity contribution in [1.82, 2.24) is 0 Å². The molecule has 0 saturated carbocycles. The molecular weight excluding hydrogens is 297 g/mol. The highest BCUT2D eigenvalue weighted by atomic mass is 31.0. The molecule has 2 aromatic rings. The Labute approximate surface area is 131 Å². The summed E-state index contributed by atoms with van der Waals surface area (Å²) in [7, 11) is 2.64. The van der Waals surface area contributed by atoms with Crippen LogP contribution >= 0.6 is 9.24 Å². The number of aryl methyl sites for hydroxylation is 1. The van der Waals surface area contributed by atoms with E-state index in [0.29, 0.717) is 17.0 Å². The average Bonchev–Trinajstić information content (AvgIpc) is 2.50. The fraction of sp³-hybridized carbons (Fsp3) is 0.125. The van der Waals surface area contributed by atoms with Crippen LogP contribution in [0.3, 0.4) is 0 Å². The highest BCUT2D eigenvalue weighted by molar-refractivity contribution is 7.16. The van der Waals surface area contributed by atoms with Crippen LogP contribution in [0.25, 0.3) is 0 Å². The van der Waals surface area contributed by atoms with E-state index in [1.54, 1.807) is 36.4 Å². The Morgan fingerprint density at radius 3 is 2.50 bits per heavy atom. The van der Waals surface area contributed by atoms with Gasteiger partial charge in [-0.1, -0.05) is 18.2 Å². The number of rotatable bonds is 5. The molecule has 2 aromatic carbocycles. The molecule has 0 aliphatic carbocycles. The summed E-state index contributed by atoms with van der Waals surface area (Å²) < 4.78 is 5.48. The lowest BCUT2D eigenvalue weighted by atomic mass is 10.1. The van der Waals surface area contributed by atoms with E-state index in [2.05, 4.69) is 14.2 Å². The van der Waals surface area contributed by atoms with Gasteiger partial charge in [0.2, 0.25) is 0 Å². The molecule has 4 N–H and O–H groups in total. The number of carbonyl (C=O) groups excluding carboxylic acids is 1. The van der Waals surface area contributed by atoms with Crippen LogP contribution in [0.15, 0.2) is 53.5 Å². The molecule has 2 rings (SSSR count). The smallest absolute Gasteiger partial charge is 0.343 e. The minimum atomic E-state index is -0.389. The van der Waals surface area contributed by atoms with E-state index in [1.807, 2.05) is 12.1 Å². The molecule has 0 radical (unpaired) electrons. The van der Waals surface area contributed by atoms with Crippen molar-refractivity contribution in [2.24, 2.45) is 16.5 Å². The van der Waals surface area contributed by atoms with Crippen molar-refractivity contribution in [2.75, 3.05) is 6.16 Å². The molecule has 0 spiro atoms. The fourth-order valence-electron chi connectivity index (χ4n) is 1.97. The Bertz CT molecular complexity index is 683. The summed E-state index contributed by atoms with van der Waals surface area (Å²) in [5, 5.41) is 0. The molecule has 0 bridgehead atoms. The van der Waals surface area contributed by atoms with Crippen molar-refractivity contribution >= 4 is 26.9 Å². The maximum Gasteiger partial charge on any atom is 0.343 e. The van der Waals surface area contributed by atoms with Gasteiger partial charge < -0.3 is 16.2 Å². The van der Waals surface area contributed by atoms with Gasteiger partial charge in [-0.05, 0) is 48.5 Å². The first-order valence-electron chi connectivity index (χ1n) is 6.80. The Kier molecular flexibility index (Phi) is 5.50. The molecule has 0 saturated heterocycles. The van der Waals surface area contributed by atoms with Crippen LogP contribution in [0.1, 0.15) is 15.9 Å². The third-order valence-electron chi connectivity index (χ3n) is 2.93. The maximum absolute atomic E-state index is 12.1. The van der Waals surface area contributed by atoms with Crippen molar-refractivity contribution < 1.29 is 9.53 Å². The molecule has 0 amide bonds. The lowest BCUT2D eigenvalue weighted by molar-refractivity contribution is 0.0733. The first-order valence-corrected chi connectivity index (χ1v) is 7.61.